The van der Waals surface area contributed by atoms with Crippen LogP contribution in [0, 0.1) is 0 Å². The van der Waals surface area contributed by atoms with Crippen molar-refractivity contribution < 1.29 is 4.74 Å². The van der Waals surface area contributed by atoms with Gasteiger partial charge in [0.25, 0.3) is 0 Å². The summed E-state index contributed by atoms with van der Waals surface area (Å²) in [5, 5.41) is 0. The molecule has 6 nitrogen and oxygen atoms in total. The number of nitrogens with zero attached hydrogens (tertiary/aromatic N) is 3. The highest BCUT2D eigenvalue weighted by Gasteiger charge is 2.06. The van der Waals surface area contributed by atoms with Gasteiger partial charge in [-0.05, 0) is 26.0 Å². The van der Waals surface area contributed by atoms with Crippen LogP contribution in [0.5, 0.6) is 5.75 Å². The first kappa shape index (κ1) is 12.1. The standard InChI is InChI=1S/C12H15N5O/c1-7(2)18-9-5-3-4-8(6-9)10-15-11(13)17-12(14)16-10/h3-7H,1-2H3,(H4,13,14,15,16,17). The fourth-order valence-electron chi connectivity index (χ4n) is 1.52. The third-order valence-corrected chi connectivity index (χ3v) is 2.13. The second-order valence-corrected chi connectivity index (χ2v) is 4.07. The SMILES string of the molecule is CC(C)Oc1cccc(-c2nc(N)nc(N)n2)c1. The minimum absolute atomic E-state index is 0.104. The van der Waals surface area contributed by atoms with Crippen molar-refractivity contribution in [3.05, 3.63) is 24.3 Å². The van der Waals surface area contributed by atoms with Crippen LogP contribution in [0.2, 0.25) is 0 Å². The highest BCUT2D eigenvalue weighted by atomic mass is 16.5. The smallest absolute Gasteiger partial charge is 0.225 e. The van der Waals surface area contributed by atoms with Gasteiger partial charge >= 0.3 is 0 Å². The van der Waals surface area contributed by atoms with Gasteiger partial charge in [-0.15, -0.1) is 0 Å². The van der Waals surface area contributed by atoms with Crippen LogP contribution in [0.25, 0.3) is 11.4 Å². The van der Waals surface area contributed by atoms with Gasteiger partial charge in [0.15, 0.2) is 5.82 Å². The maximum atomic E-state index is 5.60. The topological polar surface area (TPSA) is 99.9 Å². The molecule has 0 atom stereocenters. The summed E-state index contributed by atoms with van der Waals surface area (Å²) in [7, 11) is 0. The first-order valence-corrected chi connectivity index (χ1v) is 5.58. The Morgan fingerprint density at radius 2 is 1.72 bits per heavy atom. The molecule has 18 heavy (non-hydrogen) atoms. The molecule has 0 amide bonds. The van der Waals surface area contributed by atoms with Crippen molar-refractivity contribution in [2.45, 2.75) is 20.0 Å². The zero-order valence-electron chi connectivity index (χ0n) is 10.3. The second-order valence-electron chi connectivity index (χ2n) is 4.07. The van der Waals surface area contributed by atoms with Crippen LogP contribution in [-0.4, -0.2) is 21.1 Å². The fourth-order valence-corrected chi connectivity index (χ4v) is 1.52. The zero-order chi connectivity index (χ0) is 13.1. The number of nitrogens with two attached hydrogens (primary N) is 2. The molecule has 0 aliphatic carbocycles. The van der Waals surface area contributed by atoms with Gasteiger partial charge in [0.1, 0.15) is 5.75 Å². The van der Waals surface area contributed by atoms with Gasteiger partial charge < -0.3 is 16.2 Å². The van der Waals surface area contributed by atoms with Crippen LogP contribution < -0.4 is 16.2 Å². The Morgan fingerprint density at radius 3 is 2.33 bits per heavy atom. The van der Waals surface area contributed by atoms with Gasteiger partial charge in [0.05, 0.1) is 6.10 Å². The van der Waals surface area contributed by atoms with E-state index in [2.05, 4.69) is 15.0 Å². The summed E-state index contributed by atoms with van der Waals surface area (Å²) in [4.78, 5) is 11.8. The Kier molecular flexibility index (Phi) is 3.27. The lowest BCUT2D eigenvalue weighted by molar-refractivity contribution is 0.242. The van der Waals surface area contributed by atoms with Crippen molar-refractivity contribution in [3.63, 3.8) is 0 Å². The molecule has 2 aromatic rings. The third-order valence-electron chi connectivity index (χ3n) is 2.13. The van der Waals surface area contributed by atoms with E-state index in [4.69, 9.17) is 16.2 Å². The van der Waals surface area contributed by atoms with Gasteiger partial charge in [-0.1, -0.05) is 12.1 Å². The molecule has 1 heterocycles. The van der Waals surface area contributed by atoms with E-state index >= 15 is 0 Å². The van der Waals surface area contributed by atoms with E-state index in [1.807, 2.05) is 38.1 Å². The highest BCUT2D eigenvalue weighted by Crippen LogP contribution is 2.22. The molecule has 94 valence electrons. The number of aromatic nitrogens is 3. The average molecular weight is 245 g/mol. The minimum Gasteiger partial charge on any atom is -0.491 e. The van der Waals surface area contributed by atoms with Gasteiger partial charge in [0.2, 0.25) is 11.9 Å². The Labute approximate surface area is 105 Å². The number of ether oxygens (including phenoxy) is 1. The molecule has 0 radical (unpaired) electrons. The summed E-state index contributed by atoms with van der Waals surface area (Å²) in [5.74, 6) is 1.40. The quantitative estimate of drug-likeness (QED) is 0.849. The van der Waals surface area contributed by atoms with Gasteiger partial charge in [-0.25, -0.2) is 0 Å². The van der Waals surface area contributed by atoms with Crippen LogP contribution in [-0.2, 0) is 0 Å². The van der Waals surface area contributed by atoms with Crippen molar-refractivity contribution in [1.29, 1.82) is 0 Å². The Morgan fingerprint density at radius 1 is 1.06 bits per heavy atom. The molecule has 6 heteroatoms. The molecule has 0 aliphatic heterocycles. The van der Waals surface area contributed by atoms with E-state index in [-0.39, 0.29) is 18.0 Å². The lowest BCUT2D eigenvalue weighted by Gasteiger charge is -2.10. The molecule has 0 aliphatic rings. The molecule has 0 unspecified atom stereocenters. The molecule has 1 aromatic heterocycles. The van der Waals surface area contributed by atoms with E-state index in [0.29, 0.717) is 5.82 Å². The van der Waals surface area contributed by atoms with Crippen molar-refractivity contribution in [2.24, 2.45) is 0 Å². The van der Waals surface area contributed by atoms with Crippen LogP contribution in [0.4, 0.5) is 11.9 Å². The molecule has 0 bridgehead atoms. The van der Waals surface area contributed by atoms with E-state index in [1.54, 1.807) is 0 Å². The summed E-state index contributed by atoms with van der Waals surface area (Å²) >= 11 is 0. The lowest BCUT2D eigenvalue weighted by atomic mass is 10.2. The molecular formula is C12H15N5O. The molecule has 1 aromatic carbocycles. The Hall–Kier alpha value is -2.37. The highest BCUT2D eigenvalue weighted by molar-refractivity contribution is 5.59. The largest absolute Gasteiger partial charge is 0.491 e. The van der Waals surface area contributed by atoms with Crippen molar-refractivity contribution >= 4 is 11.9 Å². The summed E-state index contributed by atoms with van der Waals surface area (Å²) in [5.41, 5.74) is 11.9. The number of hydrogen-bond acceptors (Lipinski definition) is 6. The van der Waals surface area contributed by atoms with Crippen LogP contribution in [0.3, 0.4) is 0 Å². The number of rotatable bonds is 3. The first-order chi connectivity index (χ1) is 8.54. The Bertz CT molecular complexity index is 536. The maximum Gasteiger partial charge on any atom is 0.225 e. The predicted molar refractivity (Wildman–Crippen MR) is 69.9 cm³/mol. The molecule has 0 saturated carbocycles. The predicted octanol–water partition coefficient (Wildman–Crippen LogP) is 1.49. The third kappa shape index (κ3) is 2.85. The van der Waals surface area contributed by atoms with Crippen LogP contribution >= 0.6 is 0 Å². The van der Waals surface area contributed by atoms with Crippen LogP contribution in [0.15, 0.2) is 24.3 Å². The fraction of sp³-hybridized carbons (Fsp3) is 0.250. The van der Waals surface area contributed by atoms with Crippen molar-refractivity contribution in [3.8, 4) is 17.1 Å². The number of hydrogen-bond donors (Lipinski definition) is 2. The van der Waals surface area contributed by atoms with E-state index in [1.165, 1.54) is 0 Å². The van der Waals surface area contributed by atoms with Crippen molar-refractivity contribution in [1.82, 2.24) is 15.0 Å². The van der Waals surface area contributed by atoms with Crippen LogP contribution in [0.1, 0.15) is 13.8 Å². The maximum absolute atomic E-state index is 5.60. The number of nitrogen functional groups attached to an aromatic ring is 2. The monoisotopic (exact) mass is 245 g/mol. The molecule has 0 fully saturated rings. The number of anilines is 2. The second kappa shape index (κ2) is 4.87. The minimum atomic E-state index is 0.104. The normalized spacial score (nSPS) is 10.6. The summed E-state index contributed by atoms with van der Waals surface area (Å²) in [6.07, 6.45) is 0.105. The summed E-state index contributed by atoms with van der Waals surface area (Å²) < 4.78 is 5.60. The average Bonchev–Trinajstić information content (AvgIpc) is 2.27. The number of benzene rings is 1. The summed E-state index contributed by atoms with van der Waals surface area (Å²) in [6.45, 7) is 3.93. The van der Waals surface area contributed by atoms with E-state index in [0.717, 1.165) is 11.3 Å². The van der Waals surface area contributed by atoms with Gasteiger partial charge in [0, 0.05) is 5.56 Å². The van der Waals surface area contributed by atoms with Crippen molar-refractivity contribution in [2.75, 3.05) is 11.5 Å². The zero-order valence-corrected chi connectivity index (χ0v) is 10.3. The molecule has 2 rings (SSSR count). The molecule has 0 spiro atoms. The van der Waals surface area contributed by atoms with Gasteiger partial charge in [-0.3, -0.25) is 0 Å². The molecular weight excluding hydrogens is 230 g/mol. The first-order valence-electron chi connectivity index (χ1n) is 5.58. The van der Waals surface area contributed by atoms with E-state index in [9.17, 15) is 0 Å². The van der Waals surface area contributed by atoms with Gasteiger partial charge in [-0.2, -0.15) is 15.0 Å². The lowest BCUT2D eigenvalue weighted by Crippen LogP contribution is -2.06. The molecule has 4 N–H and O–H groups in total. The Balaban J connectivity index is 2.38. The van der Waals surface area contributed by atoms with E-state index < -0.39 is 0 Å². The molecule has 0 saturated heterocycles. The summed E-state index contributed by atoms with van der Waals surface area (Å²) in [6, 6.07) is 7.44.